The van der Waals surface area contributed by atoms with Crippen LogP contribution < -0.4 is 5.43 Å². The second kappa shape index (κ2) is 7.36. The summed E-state index contributed by atoms with van der Waals surface area (Å²) in [5.74, 6) is 0.484. The predicted octanol–water partition coefficient (Wildman–Crippen LogP) is 3.65. The van der Waals surface area contributed by atoms with Gasteiger partial charge in [-0.05, 0) is 30.3 Å². The lowest BCUT2D eigenvalue weighted by atomic mass is 10.0. The number of rotatable bonds is 4. The standard InChI is InChI=1S/C22H16N2O4/c1-27-22(26)16-9-7-14(8-10-16)19-12-11-17(28-19)13-18-20(23-24-21(18)25)15-5-3-2-4-6-15/h2-13H,1H3,(H,24,25). The van der Waals surface area contributed by atoms with E-state index in [0.29, 0.717) is 28.4 Å². The van der Waals surface area contributed by atoms with Crippen molar-refractivity contribution in [2.24, 2.45) is 5.10 Å². The first-order chi connectivity index (χ1) is 13.7. The predicted molar refractivity (Wildman–Crippen MR) is 105 cm³/mol. The van der Waals surface area contributed by atoms with Crippen molar-refractivity contribution < 1.29 is 18.7 Å². The molecule has 1 aliphatic rings. The Balaban J connectivity index is 1.61. The maximum atomic E-state index is 12.2. The van der Waals surface area contributed by atoms with Crippen molar-refractivity contribution in [2.45, 2.75) is 0 Å². The molecule has 0 spiro atoms. The Hall–Kier alpha value is -3.93. The monoisotopic (exact) mass is 372 g/mol. The number of furan rings is 1. The van der Waals surface area contributed by atoms with Crippen LogP contribution in [0.1, 0.15) is 21.7 Å². The lowest BCUT2D eigenvalue weighted by Gasteiger charge is -2.01. The van der Waals surface area contributed by atoms with Crippen LogP contribution in [0.3, 0.4) is 0 Å². The third kappa shape index (κ3) is 3.35. The summed E-state index contributed by atoms with van der Waals surface area (Å²) in [6.07, 6.45) is 1.67. The van der Waals surface area contributed by atoms with E-state index in [0.717, 1.165) is 11.1 Å². The topological polar surface area (TPSA) is 80.9 Å². The normalized spacial score (nSPS) is 14.7. The number of esters is 1. The maximum Gasteiger partial charge on any atom is 0.337 e. The molecular formula is C22H16N2O4. The molecule has 6 heteroatoms. The molecule has 0 saturated carbocycles. The lowest BCUT2D eigenvalue weighted by molar-refractivity contribution is -0.116. The molecule has 0 radical (unpaired) electrons. The quantitative estimate of drug-likeness (QED) is 0.560. The fourth-order valence-corrected chi connectivity index (χ4v) is 2.90. The van der Waals surface area contributed by atoms with Crippen molar-refractivity contribution in [3.63, 3.8) is 0 Å². The van der Waals surface area contributed by atoms with Crippen LogP contribution in [0, 0.1) is 0 Å². The summed E-state index contributed by atoms with van der Waals surface area (Å²) < 4.78 is 10.6. The summed E-state index contributed by atoms with van der Waals surface area (Å²) in [6, 6.07) is 20.0. The molecule has 3 aromatic rings. The molecule has 28 heavy (non-hydrogen) atoms. The first kappa shape index (κ1) is 17.5. The van der Waals surface area contributed by atoms with Crippen LogP contribution in [-0.2, 0) is 9.53 Å². The van der Waals surface area contributed by atoms with Crippen molar-refractivity contribution in [3.8, 4) is 11.3 Å². The molecule has 138 valence electrons. The van der Waals surface area contributed by atoms with Crippen molar-refractivity contribution in [3.05, 3.63) is 89.2 Å². The van der Waals surface area contributed by atoms with Crippen molar-refractivity contribution in [2.75, 3.05) is 7.11 Å². The molecule has 1 aromatic heterocycles. The Morgan fingerprint density at radius 2 is 1.75 bits per heavy atom. The summed E-state index contributed by atoms with van der Waals surface area (Å²) in [7, 11) is 1.34. The number of hydrazone groups is 1. The van der Waals surface area contributed by atoms with Gasteiger partial charge in [0.2, 0.25) is 0 Å². The number of methoxy groups -OCH3 is 1. The minimum atomic E-state index is -0.392. The van der Waals surface area contributed by atoms with Gasteiger partial charge in [0, 0.05) is 11.1 Å². The van der Waals surface area contributed by atoms with Gasteiger partial charge in [0.25, 0.3) is 5.91 Å². The minimum absolute atomic E-state index is 0.278. The molecule has 2 heterocycles. The smallest absolute Gasteiger partial charge is 0.337 e. The summed E-state index contributed by atoms with van der Waals surface area (Å²) in [5, 5.41) is 4.13. The van der Waals surface area contributed by atoms with E-state index in [9.17, 15) is 9.59 Å². The first-order valence-corrected chi connectivity index (χ1v) is 8.60. The van der Waals surface area contributed by atoms with Gasteiger partial charge in [-0.2, -0.15) is 5.10 Å². The Bertz CT molecular complexity index is 1090. The average molecular weight is 372 g/mol. The van der Waals surface area contributed by atoms with Crippen LogP contribution in [0.4, 0.5) is 0 Å². The van der Waals surface area contributed by atoms with Crippen molar-refractivity contribution >= 4 is 23.7 Å². The SMILES string of the molecule is COC(=O)c1ccc(-c2ccc(C=C3C(=O)NN=C3c3ccccc3)o2)cc1. The highest BCUT2D eigenvalue weighted by molar-refractivity contribution is 6.33. The van der Waals surface area contributed by atoms with E-state index in [1.165, 1.54) is 7.11 Å². The molecule has 1 aliphatic heterocycles. The molecule has 0 atom stereocenters. The van der Waals surface area contributed by atoms with Crippen LogP contribution in [0.2, 0.25) is 0 Å². The molecule has 0 saturated heterocycles. The second-order valence-electron chi connectivity index (χ2n) is 6.10. The van der Waals surface area contributed by atoms with Gasteiger partial charge in [-0.25, -0.2) is 10.2 Å². The van der Waals surface area contributed by atoms with E-state index in [1.54, 1.807) is 36.4 Å². The van der Waals surface area contributed by atoms with Gasteiger partial charge in [0.1, 0.15) is 17.2 Å². The highest BCUT2D eigenvalue weighted by Crippen LogP contribution is 2.25. The first-order valence-electron chi connectivity index (χ1n) is 8.60. The van der Waals surface area contributed by atoms with E-state index in [1.807, 2.05) is 36.4 Å². The molecular weight excluding hydrogens is 356 g/mol. The van der Waals surface area contributed by atoms with Crippen LogP contribution >= 0.6 is 0 Å². The van der Waals surface area contributed by atoms with E-state index in [2.05, 4.69) is 10.5 Å². The Morgan fingerprint density at radius 1 is 1.00 bits per heavy atom. The summed E-state index contributed by atoms with van der Waals surface area (Å²) in [5.41, 5.74) is 5.63. The molecule has 0 unspecified atom stereocenters. The van der Waals surface area contributed by atoms with E-state index in [-0.39, 0.29) is 5.91 Å². The van der Waals surface area contributed by atoms with Gasteiger partial charge in [-0.15, -0.1) is 0 Å². The second-order valence-corrected chi connectivity index (χ2v) is 6.10. The fourth-order valence-electron chi connectivity index (χ4n) is 2.90. The van der Waals surface area contributed by atoms with Gasteiger partial charge in [-0.3, -0.25) is 4.79 Å². The number of amides is 1. The molecule has 1 N–H and O–H groups in total. The number of hydrogen-bond acceptors (Lipinski definition) is 5. The lowest BCUT2D eigenvalue weighted by Crippen LogP contribution is -2.13. The molecule has 0 fully saturated rings. The third-order valence-electron chi connectivity index (χ3n) is 4.32. The van der Waals surface area contributed by atoms with Gasteiger partial charge in [-0.1, -0.05) is 42.5 Å². The summed E-state index contributed by atoms with van der Waals surface area (Å²) >= 11 is 0. The fraction of sp³-hybridized carbons (Fsp3) is 0.0455. The van der Waals surface area contributed by atoms with E-state index < -0.39 is 5.97 Å². The van der Waals surface area contributed by atoms with Crippen molar-refractivity contribution in [1.29, 1.82) is 0 Å². The van der Waals surface area contributed by atoms with Crippen LogP contribution in [0.15, 0.2) is 81.8 Å². The number of benzene rings is 2. The van der Waals surface area contributed by atoms with Crippen molar-refractivity contribution in [1.82, 2.24) is 5.43 Å². The third-order valence-corrected chi connectivity index (χ3v) is 4.32. The zero-order chi connectivity index (χ0) is 19.5. The summed E-state index contributed by atoms with van der Waals surface area (Å²) in [6.45, 7) is 0. The zero-order valence-electron chi connectivity index (χ0n) is 15.0. The minimum Gasteiger partial charge on any atom is -0.465 e. The Morgan fingerprint density at radius 3 is 2.46 bits per heavy atom. The van der Waals surface area contributed by atoms with Gasteiger partial charge >= 0.3 is 5.97 Å². The van der Waals surface area contributed by atoms with Gasteiger partial charge in [0.15, 0.2) is 0 Å². The number of hydrogen-bond donors (Lipinski definition) is 1. The maximum absolute atomic E-state index is 12.2. The van der Waals surface area contributed by atoms with Gasteiger partial charge in [0.05, 0.1) is 18.2 Å². The highest BCUT2D eigenvalue weighted by Gasteiger charge is 2.24. The molecule has 0 aliphatic carbocycles. The molecule has 1 amide bonds. The molecule has 4 rings (SSSR count). The average Bonchev–Trinajstić information content (AvgIpc) is 3.36. The summed E-state index contributed by atoms with van der Waals surface area (Å²) in [4.78, 5) is 23.7. The Kier molecular flexibility index (Phi) is 4.60. The molecule has 0 bridgehead atoms. The van der Waals surface area contributed by atoms with Crippen LogP contribution in [0.25, 0.3) is 17.4 Å². The van der Waals surface area contributed by atoms with E-state index >= 15 is 0 Å². The van der Waals surface area contributed by atoms with Crippen LogP contribution in [-0.4, -0.2) is 24.7 Å². The van der Waals surface area contributed by atoms with E-state index in [4.69, 9.17) is 9.15 Å². The number of ether oxygens (including phenoxy) is 1. The number of carbonyl (C=O) groups excluding carboxylic acids is 2. The van der Waals surface area contributed by atoms with Gasteiger partial charge < -0.3 is 9.15 Å². The zero-order valence-corrected chi connectivity index (χ0v) is 15.0. The molecule has 6 nitrogen and oxygen atoms in total. The largest absolute Gasteiger partial charge is 0.465 e. The number of nitrogens with one attached hydrogen (secondary N) is 1. The van der Waals surface area contributed by atoms with Crippen LogP contribution in [0.5, 0.6) is 0 Å². The Labute approximate surface area is 161 Å². The molecule has 2 aromatic carbocycles. The highest BCUT2D eigenvalue weighted by atomic mass is 16.5. The number of nitrogens with zero attached hydrogens (tertiary/aromatic N) is 1. The number of carbonyl (C=O) groups is 2.